The van der Waals surface area contributed by atoms with Crippen LogP contribution in [0.4, 0.5) is 0 Å². The molecule has 124 valence electrons. The van der Waals surface area contributed by atoms with E-state index in [1.54, 1.807) is 6.92 Å². The first-order valence-electron chi connectivity index (χ1n) is 7.75. The fraction of sp³-hybridized carbons (Fsp3) is 1.00. The highest BCUT2D eigenvalue weighted by molar-refractivity contribution is 6.74. The van der Waals surface area contributed by atoms with Gasteiger partial charge in [0, 0.05) is 4.91 Å². The lowest BCUT2D eigenvalue weighted by molar-refractivity contribution is -0.0974. The molecule has 21 heavy (non-hydrogen) atoms. The van der Waals surface area contributed by atoms with Crippen LogP contribution in [0.3, 0.4) is 0 Å². The van der Waals surface area contributed by atoms with Gasteiger partial charge in [0.05, 0.1) is 17.7 Å². The molecule has 6 heteroatoms. The van der Waals surface area contributed by atoms with Crippen molar-refractivity contribution in [2.45, 2.75) is 90.8 Å². The van der Waals surface area contributed by atoms with Gasteiger partial charge in [0.2, 0.25) is 0 Å². The molecule has 0 heterocycles. The van der Waals surface area contributed by atoms with Crippen LogP contribution >= 0.6 is 0 Å². The van der Waals surface area contributed by atoms with Crippen molar-refractivity contribution in [3.63, 3.8) is 0 Å². The van der Waals surface area contributed by atoms with Crippen LogP contribution in [0.25, 0.3) is 10.4 Å². The Bertz CT molecular complexity index is 385. The maximum Gasteiger partial charge on any atom is 0.192 e. The van der Waals surface area contributed by atoms with E-state index in [-0.39, 0.29) is 11.0 Å². The molecule has 0 saturated carbocycles. The molecule has 0 radical (unpaired) electrons. The fourth-order valence-electron chi connectivity index (χ4n) is 2.04. The molecule has 0 aliphatic carbocycles. The van der Waals surface area contributed by atoms with Crippen molar-refractivity contribution in [2.75, 3.05) is 0 Å². The molecule has 0 aliphatic heterocycles. The van der Waals surface area contributed by atoms with Gasteiger partial charge in [-0.2, -0.15) is 0 Å². The first-order chi connectivity index (χ1) is 9.31. The highest BCUT2D eigenvalue weighted by Gasteiger charge is 2.47. The van der Waals surface area contributed by atoms with Crippen LogP contribution in [0.15, 0.2) is 5.11 Å². The summed E-state index contributed by atoms with van der Waals surface area (Å²) in [5, 5.41) is 14.8. The van der Waals surface area contributed by atoms with E-state index in [0.717, 1.165) is 6.42 Å². The Kier molecular flexibility index (Phi) is 6.95. The topological polar surface area (TPSA) is 78.2 Å². The Labute approximate surface area is 130 Å². The Morgan fingerprint density at radius 3 is 2.05 bits per heavy atom. The second kappa shape index (κ2) is 7.14. The average Bonchev–Trinajstić information content (AvgIpc) is 2.33. The SMILES string of the molecule is CC[C@@H](C)[C@@](C)(O)C(O[Si](C)(C)C(C)(C)C)[C@@H](C)N=[N+]=[N-]. The van der Waals surface area contributed by atoms with Gasteiger partial charge in [0.25, 0.3) is 0 Å². The van der Waals surface area contributed by atoms with Crippen molar-refractivity contribution in [1.82, 2.24) is 0 Å². The van der Waals surface area contributed by atoms with Crippen molar-refractivity contribution >= 4 is 8.32 Å². The van der Waals surface area contributed by atoms with Crippen LogP contribution in [-0.2, 0) is 4.43 Å². The third-order valence-corrected chi connectivity index (χ3v) is 9.54. The van der Waals surface area contributed by atoms with Gasteiger partial charge in [0.15, 0.2) is 8.32 Å². The summed E-state index contributed by atoms with van der Waals surface area (Å²) in [6, 6.07) is -0.409. The molecule has 4 atom stereocenters. The molecule has 0 aromatic heterocycles. The van der Waals surface area contributed by atoms with Crippen molar-refractivity contribution in [1.29, 1.82) is 0 Å². The first-order valence-corrected chi connectivity index (χ1v) is 10.7. The van der Waals surface area contributed by atoms with E-state index in [1.807, 2.05) is 20.8 Å². The second-order valence-electron chi connectivity index (χ2n) is 7.78. The summed E-state index contributed by atoms with van der Waals surface area (Å²) in [5.41, 5.74) is 7.71. The summed E-state index contributed by atoms with van der Waals surface area (Å²) >= 11 is 0. The zero-order chi connectivity index (χ0) is 17.1. The van der Waals surface area contributed by atoms with Gasteiger partial charge in [-0.25, -0.2) is 0 Å². The van der Waals surface area contributed by atoms with E-state index in [0.29, 0.717) is 0 Å². The summed E-state index contributed by atoms with van der Waals surface area (Å²) in [6.07, 6.45) is 0.345. The Morgan fingerprint density at radius 2 is 1.71 bits per heavy atom. The van der Waals surface area contributed by atoms with Gasteiger partial charge < -0.3 is 9.53 Å². The summed E-state index contributed by atoms with van der Waals surface area (Å²) in [6.45, 7) is 18.4. The van der Waals surface area contributed by atoms with Gasteiger partial charge in [-0.3, -0.25) is 0 Å². The second-order valence-corrected chi connectivity index (χ2v) is 12.5. The fourth-order valence-corrected chi connectivity index (χ4v) is 3.46. The maximum atomic E-state index is 11.0. The van der Waals surface area contributed by atoms with Gasteiger partial charge in [-0.15, -0.1) is 0 Å². The third kappa shape index (κ3) is 4.99. The molecule has 1 unspecified atom stereocenters. The Balaban J connectivity index is 5.60. The molecule has 0 aliphatic rings. The molecule has 0 amide bonds. The smallest absolute Gasteiger partial charge is 0.192 e. The van der Waals surface area contributed by atoms with Gasteiger partial charge >= 0.3 is 0 Å². The van der Waals surface area contributed by atoms with Crippen molar-refractivity contribution in [3.05, 3.63) is 10.4 Å². The number of aliphatic hydroxyl groups is 1. The lowest BCUT2D eigenvalue weighted by atomic mass is 9.81. The zero-order valence-electron chi connectivity index (χ0n) is 15.1. The lowest BCUT2D eigenvalue weighted by Gasteiger charge is -2.46. The molecular weight excluding hydrogens is 282 g/mol. The highest BCUT2D eigenvalue weighted by atomic mass is 28.4. The molecule has 1 N–H and O–H groups in total. The number of hydrogen-bond acceptors (Lipinski definition) is 3. The van der Waals surface area contributed by atoms with Gasteiger partial charge in [-0.05, 0) is 36.5 Å². The highest BCUT2D eigenvalue weighted by Crippen LogP contribution is 2.40. The zero-order valence-corrected chi connectivity index (χ0v) is 16.1. The average molecular weight is 316 g/mol. The molecule has 0 saturated heterocycles. The normalized spacial score (nSPS) is 20.1. The van der Waals surface area contributed by atoms with Crippen LogP contribution in [-0.4, -0.2) is 31.2 Å². The largest absolute Gasteiger partial charge is 0.411 e. The Morgan fingerprint density at radius 1 is 1.24 bits per heavy atom. The molecular formula is C15H33N3O2Si. The number of rotatable bonds is 7. The van der Waals surface area contributed by atoms with E-state index >= 15 is 0 Å². The van der Waals surface area contributed by atoms with E-state index in [4.69, 9.17) is 9.96 Å². The molecule has 0 rings (SSSR count). The van der Waals surface area contributed by atoms with E-state index in [1.165, 1.54) is 0 Å². The van der Waals surface area contributed by atoms with Crippen LogP contribution in [0, 0.1) is 5.92 Å². The monoisotopic (exact) mass is 315 g/mol. The van der Waals surface area contributed by atoms with Crippen molar-refractivity contribution in [3.8, 4) is 0 Å². The molecule has 0 aromatic rings. The minimum atomic E-state index is -2.07. The molecule has 0 fully saturated rings. The maximum absolute atomic E-state index is 11.0. The van der Waals surface area contributed by atoms with Crippen LogP contribution in [0.1, 0.15) is 54.9 Å². The molecule has 0 spiro atoms. The Hall–Kier alpha value is -0.553. The van der Waals surface area contributed by atoms with Crippen LogP contribution in [0.5, 0.6) is 0 Å². The summed E-state index contributed by atoms with van der Waals surface area (Å²) in [4.78, 5) is 2.90. The van der Waals surface area contributed by atoms with E-state index in [9.17, 15) is 5.11 Å². The van der Waals surface area contributed by atoms with Crippen molar-refractivity contribution < 1.29 is 9.53 Å². The van der Waals surface area contributed by atoms with E-state index < -0.39 is 26.1 Å². The molecule has 0 aromatic carbocycles. The summed E-state index contributed by atoms with van der Waals surface area (Å²) in [5.74, 6) is 0.0589. The minimum absolute atomic E-state index is 0.0346. The molecule has 5 nitrogen and oxygen atoms in total. The lowest BCUT2D eigenvalue weighted by Crippen LogP contribution is -2.57. The minimum Gasteiger partial charge on any atom is -0.411 e. The predicted molar refractivity (Wildman–Crippen MR) is 90.8 cm³/mol. The number of hydrogen-bond donors (Lipinski definition) is 1. The summed E-state index contributed by atoms with van der Waals surface area (Å²) in [7, 11) is -2.07. The van der Waals surface area contributed by atoms with Gasteiger partial charge in [-0.1, -0.05) is 53.1 Å². The summed E-state index contributed by atoms with van der Waals surface area (Å²) < 4.78 is 6.43. The quantitative estimate of drug-likeness (QED) is 0.315. The number of azide groups is 1. The van der Waals surface area contributed by atoms with Gasteiger partial charge in [0.1, 0.15) is 0 Å². The van der Waals surface area contributed by atoms with Crippen LogP contribution in [0.2, 0.25) is 18.1 Å². The molecule has 0 bridgehead atoms. The first kappa shape index (κ1) is 20.4. The third-order valence-electron chi connectivity index (χ3n) is 5.09. The standard InChI is InChI=1S/C15H33N3O2Si/c1-10-11(2)15(7,19)13(12(3)17-18-16)20-21(8,9)14(4,5)6/h11-13,19H,10H2,1-9H3/t11-,12-,13?,15-/m1/s1. The van der Waals surface area contributed by atoms with E-state index in [2.05, 4.69) is 43.9 Å². The van der Waals surface area contributed by atoms with Crippen LogP contribution < -0.4 is 0 Å². The predicted octanol–water partition coefficient (Wildman–Crippen LogP) is 4.87. The number of nitrogens with zero attached hydrogens (tertiary/aromatic N) is 3. The van der Waals surface area contributed by atoms with Crippen molar-refractivity contribution in [2.24, 2.45) is 11.0 Å².